The molecule has 0 saturated carbocycles. The van der Waals surface area contributed by atoms with Gasteiger partial charge in [-0.3, -0.25) is 0 Å². The molecule has 3 rings (SSSR count). The Morgan fingerprint density at radius 3 is 2.64 bits per heavy atom. The maximum atomic E-state index is 9.29. The molecule has 0 fully saturated rings. The molecule has 1 heterocycles. The summed E-state index contributed by atoms with van der Waals surface area (Å²) in [7, 11) is 0. The van der Waals surface area contributed by atoms with Crippen molar-refractivity contribution in [2.45, 2.75) is 13.5 Å². The molecule has 22 heavy (non-hydrogen) atoms. The molecular weight excluding hydrogens is 278 g/mol. The molecule has 0 radical (unpaired) electrons. The molecule has 0 amide bonds. The second-order valence-corrected chi connectivity index (χ2v) is 4.88. The standard InChI is InChI=1S/C17H19N3O2/c1-2-22-14-9-7-13(8-10-14)18-17-19-15-5-3-4-6-16(15)20(17)11-12-21/h3-10,21H,2,11-12H2,1H3,(H,18,19). The van der Waals surface area contributed by atoms with E-state index in [1.165, 1.54) is 0 Å². The number of aliphatic hydroxyl groups is 1. The molecule has 0 aliphatic carbocycles. The van der Waals surface area contributed by atoms with Crippen LogP contribution in [0, 0.1) is 0 Å². The van der Waals surface area contributed by atoms with Gasteiger partial charge in [0.1, 0.15) is 5.75 Å². The lowest BCUT2D eigenvalue weighted by Gasteiger charge is -2.10. The number of aromatic nitrogens is 2. The predicted octanol–water partition coefficient (Wildman–Crippen LogP) is 3.17. The van der Waals surface area contributed by atoms with E-state index in [1.54, 1.807) is 0 Å². The number of para-hydroxylation sites is 2. The summed E-state index contributed by atoms with van der Waals surface area (Å²) in [5.41, 5.74) is 2.84. The topological polar surface area (TPSA) is 59.3 Å². The van der Waals surface area contributed by atoms with Gasteiger partial charge in [-0.2, -0.15) is 0 Å². The molecule has 0 saturated heterocycles. The van der Waals surface area contributed by atoms with Gasteiger partial charge in [-0.25, -0.2) is 4.98 Å². The third kappa shape index (κ3) is 2.89. The third-order valence-corrected chi connectivity index (χ3v) is 3.40. The normalized spacial score (nSPS) is 10.8. The number of aliphatic hydroxyl groups excluding tert-OH is 1. The SMILES string of the molecule is CCOc1ccc(Nc2nc3ccccc3n2CCO)cc1. The Morgan fingerprint density at radius 1 is 1.14 bits per heavy atom. The highest BCUT2D eigenvalue weighted by molar-refractivity contribution is 5.79. The second kappa shape index (κ2) is 6.49. The quantitative estimate of drug-likeness (QED) is 0.733. The van der Waals surface area contributed by atoms with E-state index in [0.29, 0.717) is 13.2 Å². The number of benzene rings is 2. The van der Waals surface area contributed by atoms with E-state index in [1.807, 2.05) is 60.0 Å². The highest BCUT2D eigenvalue weighted by atomic mass is 16.5. The fourth-order valence-corrected chi connectivity index (χ4v) is 2.43. The number of hydrogen-bond acceptors (Lipinski definition) is 4. The second-order valence-electron chi connectivity index (χ2n) is 4.88. The average Bonchev–Trinajstić information content (AvgIpc) is 2.88. The highest BCUT2D eigenvalue weighted by Gasteiger charge is 2.10. The summed E-state index contributed by atoms with van der Waals surface area (Å²) in [5.74, 6) is 1.57. The van der Waals surface area contributed by atoms with Gasteiger partial charge in [0.05, 0.1) is 24.2 Å². The zero-order valence-electron chi connectivity index (χ0n) is 12.5. The van der Waals surface area contributed by atoms with E-state index in [4.69, 9.17) is 4.74 Å². The van der Waals surface area contributed by atoms with Crippen molar-refractivity contribution in [2.24, 2.45) is 0 Å². The maximum Gasteiger partial charge on any atom is 0.208 e. The van der Waals surface area contributed by atoms with Gasteiger partial charge in [-0.05, 0) is 43.3 Å². The molecule has 0 aliphatic heterocycles. The maximum absolute atomic E-state index is 9.29. The van der Waals surface area contributed by atoms with Crippen molar-refractivity contribution in [3.63, 3.8) is 0 Å². The summed E-state index contributed by atoms with van der Waals surface area (Å²) >= 11 is 0. The van der Waals surface area contributed by atoms with Gasteiger partial charge in [0, 0.05) is 12.2 Å². The largest absolute Gasteiger partial charge is 0.494 e. The zero-order chi connectivity index (χ0) is 15.4. The Balaban J connectivity index is 1.90. The van der Waals surface area contributed by atoms with Gasteiger partial charge in [-0.1, -0.05) is 12.1 Å². The highest BCUT2D eigenvalue weighted by Crippen LogP contribution is 2.24. The Morgan fingerprint density at radius 2 is 1.91 bits per heavy atom. The van der Waals surface area contributed by atoms with Crippen LogP contribution in [-0.4, -0.2) is 27.9 Å². The molecule has 2 N–H and O–H groups in total. The molecule has 114 valence electrons. The van der Waals surface area contributed by atoms with Crippen molar-refractivity contribution >= 4 is 22.7 Å². The average molecular weight is 297 g/mol. The summed E-state index contributed by atoms with van der Waals surface area (Å²) in [4.78, 5) is 4.59. The van der Waals surface area contributed by atoms with Crippen LogP contribution >= 0.6 is 0 Å². The van der Waals surface area contributed by atoms with E-state index in [2.05, 4.69) is 10.3 Å². The van der Waals surface area contributed by atoms with Crippen LogP contribution < -0.4 is 10.1 Å². The first kappa shape index (κ1) is 14.4. The number of rotatable bonds is 6. The first-order chi connectivity index (χ1) is 10.8. The Kier molecular flexibility index (Phi) is 4.25. The van der Waals surface area contributed by atoms with Gasteiger partial charge >= 0.3 is 0 Å². The summed E-state index contributed by atoms with van der Waals surface area (Å²) in [5, 5.41) is 12.6. The van der Waals surface area contributed by atoms with E-state index in [-0.39, 0.29) is 6.61 Å². The predicted molar refractivity (Wildman–Crippen MR) is 87.7 cm³/mol. The Labute approximate surface area is 129 Å². The molecule has 5 nitrogen and oxygen atoms in total. The number of hydrogen-bond donors (Lipinski definition) is 2. The number of anilines is 2. The van der Waals surface area contributed by atoms with Crippen LogP contribution in [0.3, 0.4) is 0 Å². The lowest BCUT2D eigenvalue weighted by atomic mass is 10.3. The van der Waals surface area contributed by atoms with E-state index < -0.39 is 0 Å². The van der Waals surface area contributed by atoms with E-state index in [9.17, 15) is 5.11 Å². The lowest BCUT2D eigenvalue weighted by molar-refractivity contribution is 0.278. The van der Waals surface area contributed by atoms with Crippen LogP contribution in [0.2, 0.25) is 0 Å². The van der Waals surface area contributed by atoms with Crippen molar-refractivity contribution < 1.29 is 9.84 Å². The van der Waals surface area contributed by atoms with Crippen LogP contribution in [0.15, 0.2) is 48.5 Å². The number of ether oxygens (including phenoxy) is 1. The minimum atomic E-state index is 0.0678. The first-order valence-corrected chi connectivity index (χ1v) is 7.38. The van der Waals surface area contributed by atoms with Crippen molar-refractivity contribution in [3.05, 3.63) is 48.5 Å². The van der Waals surface area contributed by atoms with Crippen molar-refractivity contribution in [2.75, 3.05) is 18.5 Å². The number of fused-ring (bicyclic) bond motifs is 1. The summed E-state index contributed by atoms with van der Waals surface area (Å²) in [6.07, 6.45) is 0. The molecule has 2 aromatic carbocycles. The number of imidazole rings is 1. The smallest absolute Gasteiger partial charge is 0.208 e. The van der Waals surface area contributed by atoms with E-state index >= 15 is 0 Å². The molecule has 5 heteroatoms. The van der Waals surface area contributed by atoms with Gasteiger partial charge in [-0.15, -0.1) is 0 Å². The molecule has 3 aromatic rings. The van der Waals surface area contributed by atoms with Gasteiger partial charge < -0.3 is 19.7 Å². The minimum absolute atomic E-state index is 0.0678. The summed E-state index contributed by atoms with van der Waals surface area (Å²) < 4.78 is 7.42. The van der Waals surface area contributed by atoms with Gasteiger partial charge in [0.25, 0.3) is 0 Å². The first-order valence-electron chi connectivity index (χ1n) is 7.38. The molecule has 0 atom stereocenters. The fraction of sp³-hybridized carbons (Fsp3) is 0.235. The van der Waals surface area contributed by atoms with Crippen LogP contribution in [-0.2, 0) is 6.54 Å². The van der Waals surface area contributed by atoms with Crippen molar-refractivity contribution in [1.29, 1.82) is 0 Å². The number of nitrogens with zero attached hydrogens (tertiary/aromatic N) is 2. The lowest BCUT2D eigenvalue weighted by Crippen LogP contribution is -2.06. The summed E-state index contributed by atoms with van der Waals surface area (Å²) in [6.45, 7) is 3.18. The molecular formula is C17H19N3O2. The molecule has 0 unspecified atom stereocenters. The van der Waals surface area contributed by atoms with Crippen LogP contribution in [0.1, 0.15) is 6.92 Å². The van der Waals surface area contributed by atoms with Crippen LogP contribution in [0.5, 0.6) is 5.75 Å². The molecule has 0 aliphatic rings. The van der Waals surface area contributed by atoms with Gasteiger partial charge in [0.15, 0.2) is 0 Å². The third-order valence-electron chi connectivity index (χ3n) is 3.40. The Hall–Kier alpha value is -2.53. The molecule has 0 bridgehead atoms. The van der Waals surface area contributed by atoms with Crippen molar-refractivity contribution in [1.82, 2.24) is 9.55 Å². The van der Waals surface area contributed by atoms with Gasteiger partial charge in [0.2, 0.25) is 5.95 Å². The Bertz CT molecular complexity index is 750. The minimum Gasteiger partial charge on any atom is -0.494 e. The van der Waals surface area contributed by atoms with Crippen molar-refractivity contribution in [3.8, 4) is 5.75 Å². The zero-order valence-corrected chi connectivity index (χ0v) is 12.5. The number of nitrogens with one attached hydrogen (secondary N) is 1. The summed E-state index contributed by atoms with van der Waals surface area (Å²) in [6, 6.07) is 15.6. The van der Waals surface area contributed by atoms with Crippen LogP contribution in [0.25, 0.3) is 11.0 Å². The monoisotopic (exact) mass is 297 g/mol. The molecule has 0 spiro atoms. The molecule has 1 aromatic heterocycles. The van der Waals surface area contributed by atoms with E-state index in [0.717, 1.165) is 28.4 Å². The van der Waals surface area contributed by atoms with Crippen LogP contribution in [0.4, 0.5) is 11.6 Å². The fourth-order valence-electron chi connectivity index (χ4n) is 2.43.